The van der Waals surface area contributed by atoms with Crippen molar-refractivity contribution in [1.29, 1.82) is 0 Å². The van der Waals surface area contributed by atoms with E-state index in [4.69, 9.17) is 16.3 Å². The summed E-state index contributed by atoms with van der Waals surface area (Å²) >= 11 is 5.95. The molecule has 2 rings (SSSR count). The molecule has 0 aliphatic carbocycles. The number of pyridine rings is 1. The number of rotatable bonds is 16. The number of benzene rings is 1. The number of unbranched alkanes of at least 4 members (excludes halogenated alkanes) is 11. The van der Waals surface area contributed by atoms with Crippen LogP contribution < -0.4 is 21.5 Å². The zero-order chi connectivity index (χ0) is 24.8. The molecule has 0 spiro atoms. The number of aromatic hydroxyl groups is 2. The monoisotopic (exact) mass is 569 g/mol. The van der Waals surface area contributed by atoms with Gasteiger partial charge in [0.05, 0.1) is 11.6 Å². The van der Waals surface area contributed by atoms with Crippen molar-refractivity contribution in [2.45, 2.75) is 97.4 Å². The second-order valence-electron chi connectivity index (χ2n) is 9.22. The Bertz CT molecular complexity index is 890. The van der Waals surface area contributed by atoms with Crippen LogP contribution in [0, 0.1) is 13.8 Å². The first-order valence-corrected chi connectivity index (χ1v) is 13.1. The Balaban J connectivity index is 0.00000612. The fraction of sp³-hybridized carbons (Fsp3) is 0.571. The molecule has 0 saturated carbocycles. The molecule has 0 unspecified atom stereocenters. The van der Waals surface area contributed by atoms with Gasteiger partial charge in [-0.2, -0.15) is 0 Å². The van der Waals surface area contributed by atoms with Crippen LogP contribution in [0.2, 0.25) is 5.02 Å². The van der Waals surface area contributed by atoms with E-state index in [1.54, 1.807) is 6.92 Å². The second-order valence-corrected chi connectivity index (χ2v) is 9.60. The first kappa shape index (κ1) is 31.2. The Morgan fingerprint density at radius 1 is 0.829 bits per heavy atom. The summed E-state index contributed by atoms with van der Waals surface area (Å²) in [5.74, 6) is -1.17. The van der Waals surface area contributed by atoms with Gasteiger partial charge in [-0.1, -0.05) is 69.4 Å². The molecule has 0 bridgehead atoms. The van der Waals surface area contributed by atoms with Gasteiger partial charge < -0.3 is 31.9 Å². The maximum atomic E-state index is 12.2. The molecule has 0 saturated heterocycles. The molecule has 0 radical (unpaired) electrons. The molecule has 1 aromatic carbocycles. The molecule has 0 aliphatic rings. The number of hydrogen-bond donors (Lipinski definition) is 2. The molecule has 5 nitrogen and oxygen atoms in total. The van der Waals surface area contributed by atoms with Crippen molar-refractivity contribution < 1.29 is 41.3 Å². The van der Waals surface area contributed by atoms with Crippen LogP contribution in [0.1, 0.15) is 98.5 Å². The zero-order valence-corrected chi connectivity index (χ0v) is 23.5. The number of carbonyl (C=O) groups is 1. The fourth-order valence-electron chi connectivity index (χ4n) is 4.10. The van der Waals surface area contributed by atoms with E-state index < -0.39 is 5.97 Å². The van der Waals surface area contributed by atoms with E-state index in [0.29, 0.717) is 12.2 Å². The second kappa shape index (κ2) is 17.6. The van der Waals surface area contributed by atoms with Gasteiger partial charge in [0.15, 0.2) is 12.4 Å². The minimum absolute atomic E-state index is 0. The number of carbonyl (C=O) groups excluding carboxylic acids is 1. The van der Waals surface area contributed by atoms with Gasteiger partial charge in [0, 0.05) is 24.6 Å². The van der Waals surface area contributed by atoms with Crippen molar-refractivity contribution in [3.8, 4) is 11.5 Å². The number of aryl methyl sites for hydroxylation is 2. The van der Waals surface area contributed by atoms with Gasteiger partial charge in [-0.05, 0) is 37.8 Å². The summed E-state index contributed by atoms with van der Waals surface area (Å²) in [6.07, 6.45) is 19.0. The highest BCUT2D eigenvalue weighted by Gasteiger charge is 2.20. The third-order valence-corrected chi connectivity index (χ3v) is 6.74. The third-order valence-electron chi connectivity index (χ3n) is 6.26. The molecule has 196 valence electrons. The van der Waals surface area contributed by atoms with Gasteiger partial charge in [-0.25, -0.2) is 9.36 Å². The topological polar surface area (TPSA) is 70.6 Å². The number of phenolic OH excluding ortho intramolecular Hbond substituents is 2. The van der Waals surface area contributed by atoms with Gasteiger partial charge >= 0.3 is 5.97 Å². The minimum atomic E-state index is -0.606. The molecular formula is C28H41BrClNO4. The van der Waals surface area contributed by atoms with E-state index in [-0.39, 0.29) is 39.1 Å². The Kier molecular flexibility index (Phi) is 15.7. The lowest BCUT2D eigenvalue weighted by atomic mass is 10.1. The summed E-state index contributed by atoms with van der Waals surface area (Å²) in [4.78, 5) is 12.2. The van der Waals surface area contributed by atoms with Crippen molar-refractivity contribution in [1.82, 2.24) is 0 Å². The third kappa shape index (κ3) is 11.7. The van der Waals surface area contributed by atoms with E-state index in [2.05, 4.69) is 36.0 Å². The molecule has 2 aromatic rings. The van der Waals surface area contributed by atoms with Crippen LogP contribution in [0.3, 0.4) is 0 Å². The molecule has 35 heavy (non-hydrogen) atoms. The van der Waals surface area contributed by atoms with E-state index in [9.17, 15) is 15.0 Å². The van der Waals surface area contributed by atoms with Crippen LogP contribution in [0.25, 0.3) is 0 Å². The maximum Gasteiger partial charge on any atom is 0.342 e. The van der Waals surface area contributed by atoms with E-state index in [1.165, 1.54) is 63.4 Å². The van der Waals surface area contributed by atoms with Crippen LogP contribution in [0.15, 0.2) is 30.6 Å². The molecule has 1 heterocycles. The Hall–Kier alpha value is -1.79. The Labute approximate surface area is 226 Å². The van der Waals surface area contributed by atoms with Gasteiger partial charge in [-0.15, -0.1) is 0 Å². The molecule has 0 amide bonds. The highest BCUT2D eigenvalue weighted by atomic mass is 79.9. The Morgan fingerprint density at radius 2 is 1.31 bits per heavy atom. The first-order chi connectivity index (χ1) is 16.4. The van der Waals surface area contributed by atoms with Gasteiger partial charge in [-0.3, -0.25) is 0 Å². The van der Waals surface area contributed by atoms with Crippen molar-refractivity contribution in [2.24, 2.45) is 0 Å². The number of nitrogens with zero attached hydrogens (tertiary/aromatic N) is 1. The van der Waals surface area contributed by atoms with Crippen LogP contribution in [0.5, 0.6) is 11.5 Å². The average molecular weight is 571 g/mol. The van der Waals surface area contributed by atoms with Gasteiger partial charge in [0.25, 0.3) is 0 Å². The molecule has 7 heteroatoms. The normalized spacial score (nSPS) is 10.7. The lowest BCUT2D eigenvalue weighted by Gasteiger charge is -2.11. The molecule has 0 aliphatic heterocycles. The van der Waals surface area contributed by atoms with Crippen molar-refractivity contribution in [3.63, 3.8) is 0 Å². The van der Waals surface area contributed by atoms with E-state index in [0.717, 1.165) is 31.9 Å². The largest absolute Gasteiger partial charge is 1.00 e. The molecular weight excluding hydrogens is 530 g/mol. The SMILES string of the molecule is Cc1cc[n+](CCCCCCCCCCCCCCOC(=O)c2c(O)cc(O)c(Cl)c2C)cc1.[Br-]. The highest BCUT2D eigenvalue weighted by molar-refractivity contribution is 6.33. The zero-order valence-electron chi connectivity index (χ0n) is 21.2. The fourth-order valence-corrected chi connectivity index (χ4v) is 4.25. The summed E-state index contributed by atoms with van der Waals surface area (Å²) in [7, 11) is 0. The predicted octanol–water partition coefficient (Wildman–Crippen LogP) is 4.20. The summed E-state index contributed by atoms with van der Waals surface area (Å²) in [6, 6.07) is 5.40. The molecule has 0 fully saturated rings. The quantitative estimate of drug-likeness (QED) is 0.180. The Morgan fingerprint density at radius 3 is 1.86 bits per heavy atom. The number of halogens is 2. The van der Waals surface area contributed by atoms with Crippen LogP contribution in [-0.4, -0.2) is 22.8 Å². The van der Waals surface area contributed by atoms with Gasteiger partial charge in [0.2, 0.25) is 0 Å². The van der Waals surface area contributed by atoms with Crippen LogP contribution in [-0.2, 0) is 11.3 Å². The molecule has 0 atom stereocenters. The summed E-state index contributed by atoms with van der Waals surface area (Å²) in [6.45, 7) is 5.13. The predicted molar refractivity (Wildman–Crippen MR) is 137 cm³/mol. The number of ether oxygens (including phenoxy) is 1. The molecule has 2 N–H and O–H groups in total. The minimum Gasteiger partial charge on any atom is -1.00 e. The number of aromatic nitrogens is 1. The van der Waals surface area contributed by atoms with E-state index in [1.807, 2.05) is 0 Å². The molecule has 1 aromatic heterocycles. The first-order valence-electron chi connectivity index (χ1n) is 12.7. The summed E-state index contributed by atoms with van der Waals surface area (Å²) in [5.41, 5.74) is 1.66. The standard InChI is InChI=1S/C28H40ClNO4.BrH/c1-22-15-18-30(19-16-22)17-13-11-9-7-5-3-4-6-8-10-12-14-20-34-28(33)26-23(2)27(29)25(32)21-24(26)31;/h15-16,18-19,21H,3-14,17,20H2,1-2H3,(H-,31,32,33);1H. The maximum absolute atomic E-state index is 12.2. The van der Waals surface area contributed by atoms with Crippen LogP contribution in [0.4, 0.5) is 0 Å². The lowest BCUT2D eigenvalue weighted by molar-refractivity contribution is -0.697. The lowest BCUT2D eigenvalue weighted by Crippen LogP contribution is -3.00. The van der Waals surface area contributed by atoms with Crippen molar-refractivity contribution >= 4 is 17.6 Å². The smallest absolute Gasteiger partial charge is 0.342 e. The number of esters is 1. The van der Waals surface area contributed by atoms with E-state index >= 15 is 0 Å². The summed E-state index contributed by atoms with van der Waals surface area (Å²) < 4.78 is 7.55. The van der Waals surface area contributed by atoms with Gasteiger partial charge in [0.1, 0.15) is 23.6 Å². The highest BCUT2D eigenvalue weighted by Crippen LogP contribution is 2.35. The number of phenols is 2. The van der Waals surface area contributed by atoms with Crippen molar-refractivity contribution in [3.05, 3.63) is 52.3 Å². The average Bonchev–Trinajstić information content (AvgIpc) is 2.81. The summed E-state index contributed by atoms with van der Waals surface area (Å²) in [5, 5.41) is 19.6. The van der Waals surface area contributed by atoms with Crippen molar-refractivity contribution in [2.75, 3.05) is 6.61 Å². The number of hydrogen-bond acceptors (Lipinski definition) is 4. The van der Waals surface area contributed by atoms with Crippen LogP contribution >= 0.6 is 11.6 Å².